The quantitative estimate of drug-likeness (QED) is 0.654. The molecule has 0 radical (unpaired) electrons. The number of hydrogen-bond donors (Lipinski definition) is 0. The number of piperidine rings is 1. The van der Waals surface area contributed by atoms with E-state index < -0.39 is 0 Å². The van der Waals surface area contributed by atoms with E-state index in [1.165, 1.54) is 32.4 Å². The summed E-state index contributed by atoms with van der Waals surface area (Å²) in [5.74, 6) is 0.894. The Labute approximate surface area is 89.9 Å². The van der Waals surface area contributed by atoms with Gasteiger partial charge in [0.2, 0.25) is 0 Å². The zero-order valence-electron chi connectivity index (χ0n) is 10.6. The van der Waals surface area contributed by atoms with Crippen LogP contribution >= 0.6 is 0 Å². The molecule has 14 heavy (non-hydrogen) atoms. The van der Waals surface area contributed by atoms with Crippen molar-refractivity contribution < 1.29 is 0 Å². The van der Waals surface area contributed by atoms with Gasteiger partial charge in [-0.3, -0.25) is 0 Å². The highest BCUT2D eigenvalue weighted by atomic mass is 15.2. The van der Waals surface area contributed by atoms with Gasteiger partial charge in [0.05, 0.1) is 0 Å². The summed E-state index contributed by atoms with van der Waals surface area (Å²) in [6.07, 6.45) is 4.11. The first-order valence-corrected chi connectivity index (χ1v) is 6.19. The molecule has 0 saturated carbocycles. The molecule has 84 valence electrons. The van der Waals surface area contributed by atoms with Crippen molar-refractivity contribution >= 4 is 0 Å². The van der Waals surface area contributed by atoms with Crippen molar-refractivity contribution in [2.45, 2.75) is 59.9 Å². The van der Waals surface area contributed by atoms with Crippen molar-refractivity contribution in [2.75, 3.05) is 13.1 Å². The van der Waals surface area contributed by atoms with E-state index in [0.717, 1.165) is 12.0 Å². The van der Waals surface area contributed by atoms with Crippen LogP contribution in [0, 0.1) is 11.3 Å². The first-order valence-electron chi connectivity index (χ1n) is 6.19. The largest absolute Gasteiger partial charge is 0.300 e. The van der Waals surface area contributed by atoms with Crippen LogP contribution in [-0.4, -0.2) is 24.0 Å². The van der Waals surface area contributed by atoms with Gasteiger partial charge in [0.15, 0.2) is 0 Å². The summed E-state index contributed by atoms with van der Waals surface area (Å²) in [7, 11) is 0. The second kappa shape index (κ2) is 4.65. The molecule has 0 bridgehead atoms. The molecule has 0 aromatic carbocycles. The molecule has 1 aliphatic rings. The lowest BCUT2D eigenvalue weighted by Gasteiger charge is -2.42. The number of hydrogen-bond acceptors (Lipinski definition) is 1. The van der Waals surface area contributed by atoms with Crippen molar-refractivity contribution in [3.8, 4) is 0 Å². The molecule has 0 aliphatic carbocycles. The minimum Gasteiger partial charge on any atom is -0.300 e. The third-order valence-corrected chi connectivity index (χ3v) is 3.89. The average Bonchev–Trinajstić information content (AvgIpc) is 2.15. The zero-order valence-corrected chi connectivity index (χ0v) is 10.6. The van der Waals surface area contributed by atoms with Crippen LogP contribution in [0.5, 0.6) is 0 Å². The van der Waals surface area contributed by atoms with Gasteiger partial charge in [-0.15, -0.1) is 0 Å². The lowest BCUT2D eigenvalue weighted by atomic mass is 9.76. The topological polar surface area (TPSA) is 3.24 Å². The summed E-state index contributed by atoms with van der Waals surface area (Å²) < 4.78 is 0. The summed E-state index contributed by atoms with van der Waals surface area (Å²) >= 11 is 0. The molecule has 1 nitrogen and oxygen atoms in total. The first-order chi connectivity index (χ1) is 6.45. The molecule has 1 fully saturated rings. The van der Waals surface area contributed by atoms with Crippen LogP contribution in [0.25, 0.3) is 0 Å². The Morgan fingerprint density at radius 1 is 1.36 bits per heavy atom. The van der Waals surface area contributed by atoms with Crippen LogP contribution in [0.1, 0.15) is 53.9 Å². The smallest absolute Gasteiger partial charge is 0.00644 e. The van der Waals surface area contributed by atoms with Gasteiger partial charge < -0.3 is 4.90 Å². The predicted molar refractivity (Wildman–Crippen MR) is 63.5 cm³/mol. The Hall–Kier alpha value is -0.0400. The maximum Gasteiger partial charge on any atom is 0.00644 e. The predicted octanol–water partition coefficient (Wildman–Crippen LogP) is 3.54. The summed E-state index contributed by atoms with van der Waals surface area (Å²) in [6, 6.07) is 0.778. The highest BCUT2D eigenvalue weighted by molar-refractivity contribution is 4.83. The number of likely N-dealkylation sites (tertiary alicyclic amines) is 1. The normalized spacial score (nSPS) is 27.6. The fourth-order valence-electron chi connectivity index (χ4n) is 2.37. The standard InChI is InChI=1S/C13H27N/c1-6-11(2)14-9-7-8-12(10-14)13(3,4)5/h11-12H,6-10H2,1-5H3. The van der Waals surface area contributed by atoms with Gasteiger partial charge in [-0.1, -0.05) is 27.7 Å². The van der Waals surface area contributed by atoms with Crippen molar-refractivity contribution in [3.05, 3.63) is 0 Å². The van der Waals surface area contributed by atoms with Crippen molar-refractivity contribution in [1.82, 2.24) is 4.90 Å². The van der Waals surface area contributed by atoms with Gasteiger partial charge in [0.1, 0.15) is 0 Å². The monoisotopic (exact) mass is 197 g/mol. The summed E-state index contributed by atoms with van der Waals surface area (Å²) in [6.45, 7) is 14.5. The molecule has 1 heterocycles. The highest BCUT2D eigenvalue weighted by Crippen LogP contribution is 2.33. The highest BCUT2D eigenvalue weighted by Gasteiger charge is 2.30. The Morgan fingerprint density at radius 2 is 2.00 bits per heavy atom. The molecule has 0 amide bonds. The minimum absolute atomic E-state index is 0.492. The van der Waals surface area contributed by atoms with E-state index in [-0.39, 0.29) is 0 Å². The van der Waals surface area contributed by atoms with Gasteiger partial charge >= 0.3 is 0 Å². The van der Waals surface area contributed by atoms with E-state index in [1.807, 2.05) is 0 Å². The van der Waals surface area contributed by atoms with Crippen molar-refractivity contribution in [1.29, 1.82) is 0 Å². The van der Waals surface area contributed by atoms with Crippen LogP contribution in [0.15, 0.2) is 0 Å². The third-order valence-electron chi connectivity index (χ3n) is 3.89. The Balaban J connectivity index is 2.52. The third kappa shape index (κ3) is 2.98. The van der Waals surface area contributed by atoms with E-state index in [4.69, 9.17) is 0 Å². The van der Waals surface area contributed by atoms with E-state index >= 15 is 0 Å². The van der Waals surface area contributed by atoms with Gasteiger partial charge in [-0.05, 0) is 44.1 Å². The van der Waals surface area contributed by atoms with Crippen LogP contribution in [0.2, 0.25) is 0 Å². The first kappa shape index (κ1) is 12.0. The van der Waals surface area contributed by atoms with Crippen LogP contribution in [0.4, 0.5) is 0 Å². The van der Waals surface area contributed by atoms with Crippen LogP contribution in [0.3, 0.4) is 0 Å². The molecule has 1 saturated heterocycles. The molecular weight excluding hydrogens is 170 g/mol. The minimum atomic E-state index is 0.492. The molecule has 2 atom stereocenters. The molecule has 1 rings (SSSR count). The number of nitrogens with zero attached hydrogens (tertiary/aromatic N) is 1. The van der Waals surface area contributed by atoms with Gasteiger partial charge in [-0.25, -0.2) is 0 Å². The molecule has 0 aromatic heterocycles. The van der Waals surface area contributed by atoms with Crippen molar-refractivity contribution in [2.24, 2.45) is 11.3 Å². The Bertz CT molecular complexity index is 169. The van der Waals surface area contributed by atoms with Gasteiger partial charge in [-0.2, -0.15) is 0 Å². The van der Waals surface area contributed by atoms with E-state index in [2.05, 4.69) is 39.5 Å². The molecule has 0 aromatic rings. The van der Waals surface area contributed by atoms with Crippen LogP contribution < -0.4 is 0 Å². The van der Waals surface area contributed by atoms with Gasteiger partial charge in [0.25, 0.3) is 0 Å². The fraction of sp³-hybridized carbons (Fsp3) is 1.00. The molecule has 2 unspecified atom stereocenters. The maximum absolute atomic E-state index is 2.68. The molecule has 1 aliphatic heterocycles. The molecule has 0 spiro atoms. The second-order valence-corrected chi connectivity index (χ2v) is 5.96. The lowest BCUT2D eigenvalue weighted by Crippen LogP contribution is -2.44. The summed E-state index contributed by atoms with van der Waals surface area (Å²) in [5, 5.41) is 0. The SMILES string of the molecule is CCC(C)N1CCCC(C(C)(C)C)C1. The Kier molecular flexibility index (Phi) is 4.00. The average molecular weight is 197 g/mol. The fourth-order valence-corrected chi connectivity index (χ4v) is 2.37. The van der Waals surface area contributed by atoms with E-state index in [1.54, 1.807) is 0 Å². The van der Waals surface area contributed by atoms with Crippen LogP contribution in [-0.2, 0) is 0 Å². The van der Waals surface area contributed by atoms with Gasteiger partial charge in [0, 0.05) is 12.6 Å². The maximum atomic E-state index is 2.68. The summed E-state index contributed by atoms with van der Waals surface area (Å²) in [5.41, 5.74) is 0.492. The molecule has 1 heteroatoms. The molecular formula is C13H27N. The number of rotatable bonds is 2. The molecule has 0 N–H and O–H groups in total. The van der Waals surface area contributed by atoms with Crippen molar-refractivity contribution in [3.63, 3.8) is 0 Å². The summed E-state index contributed by atoms with van der Waals surface area (Å²) in [4.78, 5) is 2.68. The zero-order chi connectivity index (χ0) is 10.8. The van der Waals surface area contributed by atoms with E-state index in [0.29, 0.717) is 5.41 Å². The second-order valence-electron chi connectivity index (χ2n) is 5.96. The van der Waals surface area contributed by atoms with E-state index in [9.17, 15) is 0 Å². The lowest BCUT2D eigenvalue weighted by molar-refractivity contribution is 0.0722. The Morgan fingerprint density at radius 3 is 2.50 bits per heavy atom.